The largest absolute Gasteiger partial charge is 0.486 e. The summed E-state index contributed by atoms with van der Waals surface area (Å²) < 4.78 is 36.8. The van der Waals surface area contributed by atoms with Gasteiger partial charge < -0.3 is 14.8 Å². The van der Waals surface area contributed by atoms with Gasteiger partial charge in [0.25, 0.3) is 0 Å². The van der Waals surface area contributed by atoms with Gasteiger partial charge in [0.1, 0.15) is 19.8 Å². The quantitative estimate of drug-likeness (QED) is 0.780. The highest BCUT2D eigenvalue weighted by Crippen LogP contribution is 2.34. The van der Waals surface area contributed by atoms with E-state index in [0.29, 0.717) is 30.4 Å². The number of nitrogens with zero attached hydrogens (tertiary/aromatic N) is 1. The number of ether oxygens (including phenoxy) is 2. The number of carbonyl (C=O) groups is 1. The van der Waals surface area contributed by atoms with Crippen molar-refractivity contribution in [3.8, 4) is 11.5 Å². The molecule has 0 saturated carbocycles. The number of fused-ring (bicyclic) bond motifs is 1. The molecule has 1 atom stereocenters. The van der Waals surface area contributed by atoms with Gasteiger partial charge in [0, 0.05) is 6.07 Å². The van der Waals surface area contributed by atoms with Crippen LogP contribution in [-0.2, 0) is 14.8 Å². The maximum atomic E-state index is 12.6. The molecular weight excluding hydrogens is 392 g/mol. The fraction of sp³-hybridized carbons (Fsp3) is 0.381. The predicted octanol–water partition coefficient (Wildman–Crippen LogP) is 2.72. The lowest BCUT2D eigenvalue weighted by molar-refractivity contribution is -0.120. The smallest absolute Gasteiger partial charge is 0.241 e. The second-order valence-corrected chi connectivity index (χ2v) is 9.14. The van der Waals surface area contributed by atoms with Gasteiger partial charge in [-0.1, -0.05) is 18.2 Å². The second kappa shape index (κ2) is 8.32. The average molecular weight is 419 g/mol. The molecule has 0 saturated heterocycles. The van der Waals surface area contributed by atoms with Crippen LogP contribution in [-0.4, -0.2) is 40.3 Å². The van der Waals surface area contributed by atoms with Gasteiger partial charge in [-0.25, -0.2) is 8.42 Å². The third kappa shape index (κ3) is 5.00. The van der Waals surface area contributed by atoms with Gasteiger partial charge in [0.05, 0.1) is 18.0 Å². The Morgan fingerprint density at radius 1 is 1.07 bits per heavy atom. The number of rotatable bonds is 6. The van der Waals surface area contributed by atoms with Crippen LogP contribution in [0, 0.1) is 13.8 Å². The van der Waals surface area contributed by atoms with Crippen molar-refractivity contribution in [1.29, 1.82) is 0 Å². The lowest BCUT2D eigenvalue weighted by Gasteiger charge is -2.25. The number of hydrogen-bond acceptors (Lipinski definition) is 5. The van der Waals surface area contributed by atoms with E-state index in [1.165, 1.54) is 5.56 Å². The molecule has 1 heterocycles. The Bertz CT molecular complexity index is 1020. The molecule has 8 heteroatoms. The number of benzene rings is 2. The molecule has 0 radical (unpaired) electrons. The maximum Gasteiger partial charge on any atom is 0.241 e. The van der Waals surface area contributed by atoms with Crippen LogP contribution in [0.4, 0.5) is 5.69 Å². The third-order valence-corrected chi connectivity index (χ3v) is 6.05. The van der Waals surface area contributed by atoms with E-state index in [2.05, 4.69) is 5.32 Å². The molecule has 0 bridgehead atoms. The molecule has 3 rings (SSSR count). The SMILES string of the molecule is Cc1ccc(C(C)NC(=O)CN(c2ccc3c(c2)OCCO3)S(C)(=O)=O)cc1C. The van der Waals surface area contributed by atoms with E-state index in [1.54, 1.807) is 18.2 Å². The molecule has 2 aromatic rings. The first-order valence-electron chi connectivity index (χ1n) is 9.39. The summed E-state index contributed by atoms with van der Waals surface area (Å²) in [7, 11) is -3.68. The van der Waals surface area contributed by atoms with Crippen LogP contribution >= 0.6 is 0 Å². The van der Waals surface area contributed by atoms with E-state index in [9.17, 15) is 13.2 Å². The molecule has 0 spiro atoms. The highest BCUT2D eigenvalue weighted by atomic mass is 32.2. The Labute approximate surface area is 171 Å². The van der Waals surface area contributed by atoms with Gasteiger partial charge in [-0.3, -0.25) is 9.10 Å². The van der Waals surface area contributed by atoms with Gasteiger partial charge in [0.2, 0.25) is 15.9 Å². The number of carbonyl (C=O) groups excluding carboxylic acids is 1. The first-order chi connectivity index (χ1) is 13.6. The van der Waals surface area contributed by atoms with E-state index in [4.69, 9.17) is 9.47 Å². The number of aryl methyl sites for hydroxylation is 2. The molecular formula is C21H26N2O5S. The van der Waals surface area contributed by atoms with Crippen molar-refractivity contribution in [3.63, 3.8) is 0 Å². The summed E-state index contributed by atoms with van der Waals surface area (Å²) in [5, 5.41) is 2.88. The van der Waals surface area contributed by atoms with E-state index < -0.39 is 15.9 Å². The number of anilines is 1. The van der Waals surface area contributed by atoms with Crippen molar-refractivity contribution in [2.45, 2.75) is 26.8 Å². The fourth-order valence-electron chi connectivity index (χ4n) is 3.12. The normalized spacial score (nSPS) is 14.2. The average Bonchev–Trinajstić information content (AvgIpc) is 2.67. The number of hydrogen-bond donors (Lipinski definition) is 1. The fourth-order valence-corrected chi connectivity index (χ4v) is 3.97. The van der Waals surface area contributed by atoms with E-state index in [1.807, 2.05) is 39.0 Å². The van der Waals surface area contributed by atoms with Crippen molar-refractivity contribution in [2.24, 2.45) is 0 Å². The molecule has 1 aliphatic rings. The van der Waals surface area contributed by atoms with Crippen molar-refractivity contribution in [2.75, 3.05) is 30.3 Å². The van der Waals surface area contributed by atoms with E-state index in [-0.39, 0.29) is 12.6 Å². The zero-order valence-electron chi connectivity index (χ0n) is 17.1. The Hall–Kier alpha value is -2.74. The summed E-state index contributed by atoms with van der Waals surface area (Å²) in [6.45, 7) is 6.43. The van der Waals surface area contributed by atoms with Crippen molar-refractivity contribution in [1.82, 2.24) is 5.32 Å². The first-order valence-corrected chi connectivity index (χ1v) is 11.2. The van der Waals surface area contributed by atoms with Crippen LogP contribution in [0.1, 0.15) is 29.7 Å². The highest BCUT2D eigenvalue weighted by molar-refractivity contribution is 7.92. The highest BCUT2D eigenvalue weighted by Gasteiger charge is 2.24. The van der Waals surface area contributed by atoms with Crippen molar-refractivity contribution < 1.29 is 22.7 Å². The van der Waals surface area contributed by atoms with Crippen molar-refractivity contribution in [3.05, 3.63) is 53.1 Å². The second-order valence-electron chi connectivity index (χ2n) is 7.23. The van der Waals surface area contributed by atoms with Gasteiger partial charge in [-0.2, -0.15) is 0 Å². The zero-order valence-corrected chi connectivity index (χ0v) is 17.9. The lowest BCUT2D eigenvalue weighted by Crippen LogP contribution is -2.41. The predicted molar refractivity (Wildman–Crippen MR) is 112 cm³/mol. The molecule has 1 N–H and O–H groups in total. The Kier molecular flexibility index (Phi) is 6.02. The number of nitrogens with one attached hydrogen (secondary N) is 1. The Morgan fingerprint density at radius 2 is 1.76 bits per heavy atom. The van der Waals surface area contributed by atoms with Crippen LogP contribution < -0.4 is 19.1 Å². The van der Waals surface area contributed by atoms with Gasteiger partial charge in [-0.15, -0.1) is 0 Å². The van der Waals surface area contributed by atoms with Crippen LogP contribution in [0.3, 0.4) is 0 Å². The van der Waals surface area contributed by atoms with Crippen LogP contribution in [0.25, 0.3) is 0 Å². The van der Waals surface area contributed by atoms with Gasteiger partial charge in [0.15, 0.2) is 11.5 Å². The molecule has 7 nitrogen and oxygen atoms in total. The summed E-state index contributed by atoms with van der Waals surface area (Å²) >= 11 is 0. The monoisotopic (exact) mass is 418 g/mol. The summed E-state index contributed by atoms with van der Waals surface area (Å²) in [5.41, 5.74) is 3.63. The minimum Gasteiger partial charge on any atom is -0.486 e. The summed E-state index contributed by atoms with van der Waals surface area (Å²) in [4.78, 5) is 12.6. The first kappa shape index (κ1) is 21.0. The van der Waals surface area contributed by atoms with Crippen molar-refractivity contribution >= 4 is 21.6 Å². The summed E-state index contributed by atoms with van der Waals surface area (Å²) in [6.07, 6.45) is 1.07. The van der Waals surface area contributed by atoms with Crippen LogP contribution in [0.5, 0.6) is 11.5 Å². The zero-order chi connectivity index (χ0) is 21.2. The molecule has 2 aromatic carbocycles. The molecule has 1 unspecified atom stereocenters. The van der Waals surface area contributed by atoms with E-state index >= 15 is 0 Å². The topological polar surface area (TPSA) is 84.9 Å². The maximum absolute atomic E-state index is 12.6. The van der Waals surface area contributed by atoms with Crippen LogP contribution in [0.15, 0.2) is 36.4 Å². The van der Waals surface area contributed by atoms with Gasteiger partial charge >= 0.3 is 0 Å². The van der Waals surface area contributed by atoms with E-state index in [0.717, 1.165) is 21.7 Å². The Morgan fingerprint density at radius 3 is 2.41 bits per heavy atom. The molecule has 0 aromatic heterocycles. The molecule has 29 heavy (non-hydrogen) atoms. The summed E-state index contributed by atoms with van der Waals surface area (Å²) in [5.74, 6) is 0.628. The summed E-state index contributed by atoms with van der Waals surface area (Å²) in [6, 6.07) is 10.6. The Balaban J connectivity index is 1.76. The van der Waals surface area contributed by atoms with Gasteiger partial charge in [-0.05, 0) is 49.6 Å². The van der Waals surface area contributed by atoms with Crippen LogP contribution in [0.2, 0.25) is 0 Å². The molecule has 1 amide bonds. The molecule has 156 valence electrons. The number of sulfonamides is 1. The molecule has 0 fully saturated rings. The molecule has 0 aliphatic carbocycles. The minimum absolute atomic E-state index is 0.247. The third-order valence-electron chi connectivity index (χ3n) is 4.91. The minimum atomic E-state index is -3.68. The number of amides is 1. The lowest BCUT2D eigenvalue weighted by atomic mass is 10.0. The standard InChI is InChI=1S/C21H26N2O5S/c1-14-5-6-17(11-15(14)2)16(3)22-21(24)13-23(29(4,25)26)18-7-8-19-20(12-18)28-10-9-27-19/h5-8,11-12,16H,9-10,13H2,1-4H3,(H,22,24). The molecule has 1 aliphatic heterocycles.